The second-order valence-corrected chi connectivity index (χ2v) is 5.88. The van der Waals surface area contributed by atoms with Gasteiger partial charge in [-0.15, -0.1) is 0 Å². The van der Waals surface area contributed by atoms with Crippen LogP contribution in [0.15, 0.2) is 18.5 Å². The van der Waals surface area contributed by atoms with E-state index < -0.39 is 0 Å². The summed E-state index contributed by atoms with van der Waals surface area (Å²) < 4.78 is 1.95. The van der Waals surface area contributed by atoms with E-state index in [1.165, 1.54) is 5.56 Å². The lowest BCUT2D eigenvalue weighted by molar-refractivity contribution is -0.122. The highest BCUT2D eigenvalue weighted by atomic mass is 16.2. The molecule has 20 heavy (non-hydrogen) atoms. The second-order valence-electron chi connectivity index (χ2n) is 5.88. The summed E-state index contributed by atoms with van der Waals surface area (Å²) in [4.78, 5) is 11.9. The average molecular weight is 279 g/mol. The highest BCUT2D eigenvalue weighted by Crippen LogP contribution is 2.21. The van der Waals surface area contributed by atoms with Crippen molar-refractivity contribution in [2.45, 2.75) is 59.2 Å². The van der Waals surface area contributed by atoms with E-state index in [-0.39, 0.29) is 11.9 Å². The molecule has 0 aliphatic heterocycles. The van der Waals surface area contributed by atoms with E-state index in [9.17, 15) is 4.79 Å². The summed E-state index contributed by atoms with van der Waals surface area (Å²) in [5, 5.41) is 6.35. The predicted molar refractivity (Wildman–Crippen MR) is 83.6 cm³/mol. The number of rotatable bonds is 8. The molecule has 1 aromatic rings. The lowest BCUT2D eigenvalue weighted by atomic mass is 9.99. The van der Waals surface area contributed by atoms with Gasteiger partial charge in [0.2, 0.25) is 5.91 Å². The van der Waals surface area contributed by atoms with Crippen LogP contribution in [0.1, 0.15) is 52.1 Å². The minimum atomic E-state index is 0.0821. The second kappa shape index (κ2) is 8.10. The molecule has 2 N–H and O–H groups in total. The quantitative estimate of drug-likeness (QED) is 0.768. The Morgan fingerprint density at radius 1 is 1.35 bits per heavy atom. The van der Waals surface area contributed by atoms with Gasteiger partial charge < -0.3 is 15.2 Å². The summed E-state index contributed by atoms with van der Waals surface area (Å²) in [7, 11) is 1.97. The molecule has 2 atom stereocenters. The molecule has 0 fully saturated rings. The minimum Gasteiger partial charge on any atom is -0.352 e. The maximum Gasteiger partial charge on any atom is 0.240 e. The molecule has 0 radical (unpaired) electrons. The van der Waals surface area contributed by atoms with Crippen molar-refractivity contribution in [1.82, 2.24) is 15.2 Å². The van der Waals surface area contributed by atoms with Crippen LogP contribution in [0.4, 0.5) is 0 Å². The molecule has 0 saturated heterocycles. The van der Waals surface area contributed by atoms with Crippen molar-refractivity contribution in [3.05, 3.63) is 24.0 Å². The first-order valence-corrected chi connectivity index (χ1v) is 7.60. The summed E-state index contributed by atoms with van der Waals surface area (Å²) in [6, 6.07) is 2.67. The summed E-state index contributed by atoms with van der Waals surface area (Å²) >= 11 is 0. The van der Waals surface area contributed by atoms with Gasteiger partial charge in [0.25, 0.3) is 0 Å². The third-order valence-corrected chi connectivity index (χ3v) is 3.57. The Balaban J connectivity index is 2.57. The van der Waals surface area contributed by atoms with E-state index in [0.717, 1.165) is 12.8 Å². The van der Waals surface area contributed by atoms with Gasteiger partial charge >= 0.3 is 0 Å². The SMILES string of the molecule is CCCC(C)NC(=O)Cn1ccc(C(NC)C(C)C)c1. The maximum absolute atomic E-state index is 11.9. The molecule has 2 unspecified atom stereocenters. The predicted octanol–water partition coefficient (Wildman–Crippen LogP) is 2.71. The molecule has 0 bridgehead atoms. The summed E-state index contributed by atoms with van der Waals surface area (Å²) in [5.41, 5.74) is 1.23. The van der Waals surface area contributed by atoms with Crippen LogP contribution in [0.3, 0.4) is 0 Å². The molecule has 1 rings (SSSR count). The van der Waals surface area contributed by atoms with Crippen molar-refractivity contribution < 1.29 is 4.79 Å². The Labute approximate surface area is 122 Å². The molecule has 0 aliphatic carbocycles. The smallest absolute Gasteiger partial charge is 0.240 e. The largest absolute Gasteiger partial charge is 0.352 e. The monoisotopic (exact) mass is 279 g/mol. The number of amides is 1. The van der Waals surface area contributed by atoms with E-state index in [4.69, 9.17) is 0 Å². The molecule has 4 nitrogen and oxygen atoms in total. The number of carbonyl (C=O) groups is 1. The topological polar surface area (TPSA) is 46.1 Å². The number of nitrogens with one attached hydrogen (secondary N) is 2. The van der Waals surface area contributed by atoms with Gasteiger partial charge in [0.1, 0.15) is 6.54 Å². The molecule has 0 aliphatic rings. The van der Waals surface area contributed by atoms with Crippen molar-refractivity contribution in [1.29, 1.82) is 0 Å². The first-order valence-electron chi connectivity index (χ1n) is 7.60. The van der Waals surface area contributed by atoms with Gasteiger partial charge in [-0.1, -0.05) is 27.2 Å². The first kappa shape index (κ1) is 16.8. The number of aromatic nitrogens is 1. The van der Waals surface area contributed by atoms with Gasteiger partial charge in [-0.3, -0.25) is 4.79 Å². The molecule has 114 valence electrons. The van der Waals surface area contributed by atoms with Crippen LogP contribution >= 0.6 is 0 Å². The van der Waals surface area contributed by atoms with Crippen LogP contribution in [0, 0.1) is 5.92 Å². The maximum atomic E-state index is 11.9. The Kier molecular flexibility index (Phi) is 6.79. The van der Waals surface area contributed by atoms with Crippen LogP contribution < -0.4 is 10.6 Å². The summed E-state index contributed by atoms with van der Waals surface area (Å²) in [6.07, 6.45) is 6.16. The molecule has 0 saturated carbocycles. The van der Waals surface area contributed by atoms with Gasteiger partial charge in [-0.25, -0.2) is 0 Å². The van der Waals surface area contributed by atoms with Crippen LogP contribution in [-0.2, 0) is 11.3 Å². The minimum absolute atomic E-state index is 0.0821. The number of nitrogens with zero attached hydrogens (tertiary/aromatic N) is 1. The van der Waals surface area contributed by atoms with Gasteiger partial charge in [-0.05, 0) is 37.9 Å². The van der Waals surface area contributed by atoms with Gasteiger partial charge in [0.15, 0.2) is 0 Å². The molecule has 0 aromatic carbocycles. The van der Waals surface area contributed by atoms with Crippen molar-refractivity contribution in [3.63, 3.8) is 0 Å². The Bertz CT molecular complexity index is 412. The number of hydrogen-bond acceptors (Lipinski definition) is 2. The third-order valence-electron chi connectivity index (χ3n) is 3.57. The van der Waals surface area contributed by atoms with Crippen molar-refractivity contribution in [3.8, 4) is 0 Å². The molecule has 1 heterocycles. The van der Waals surface area contributed by atoms with E-state index in [1.807, 2.05) is 17.8 Å². The lowest BCUT2D eigenvalue weighted by Crippen LogP contribution is -2.34. The van der Waals surface area contributed by atoms with E-state index in [1.54, 1.807) is 0 Å². The average Bonchev–Trinajstić information content (AvgIpc) is 2.77. The molecular formula is C16H29N3O. The summed E-state index contributed by atoms with van der Waals surface area (Å²) in [6.45, 7) is 8.96. The van der Waals surface area contributed by atoms with Crippen molar-refractivity contribution in [2.75, 3.05) is 7.05 Å². The molecular weight excluding hydrogens is 250 g/mol. The number of carbonyl (C=O) groups excluding carboxylic acids is 1. The molecule has 4 heteroatoms. The molecule has 1 amide bonds. The van der Waals surface area contributed by atoms with Gasteiger partial charge in [-0.2, -0.15) is 0 Å². The molecule has 1 aromatic heterocycles. The zero-order valence-corrected chi connectivity index (χ0v) is 13.4. The van der Waals surface area contributed by atoms with E-state index in [0.29, 0.717) is 18.5 Å². The first-order chi connectivity index (χ1) is 9.47. The van der Waals surface area contributed by atoms with E-state index in [2.05, 4.69) is 50.6 Å². The molecule has 0 spiro atoms. The van der Waals surface area contributed by atoms with Crippen LogP contribution in [0.5, 0.6) is 0 Å². The van der Waals surface area contributed by atoms with Crippen LogP contribution in [-0.4, -0.2) is 23.6 Å². The normalized spacial score (nSPS) is 14.3. The fourth-order valence-electron chi connectivity index (χ4n) is 2.62. The van der Waals surface area contributed by atoms with Crippen LogP contribution in [0.2, 0.25) is 0 Å². The summed E-state index contributed by atoms with van der Waals surface area (Å²) in [5.74, 6) is 0.605. The fraction of sp³-hybridized carbons (Fsp3) is 0.688. The highest BCUT2D eigenvalue weighted by Gasteiger charge is 2.15. The highest BCUT2D eigenvalue weighted by molar-refractivity contribution is 5.76. The fourth-order valence-corrected chi connectivity index (χ4v) is 2.62. The lowest BCUT2D eigenvalue weighted by Gasteiger charge is -2.18. The standard InChI is InChI=1S/C16H29N3O/c1-6-7-13(4)18-15(20)11-19-9-8-14(10-19)16(17-5)12(2)3/h8-10,12-13,16-17H,6-7,11H2,1-5H3,(H,18,20). The third kappa shape index (κ3) is 5.00. The van der Waals surface area contributed by atoms with E-state index >= 15 is 0 Å². The Morgan fingerprint density at radius 2 is 2.05 bits per heavy atom. The van der Waals surface area contributed by atoms with Crippen molar-refractivity contribution in [2.24, 2.45) is 5.92 Å². The number of hydrogen-bond donors (Lipinski definition) is 2. The van der Waals surface area contributed by atoms with Gasteiger partial charge in [0.05, 0.1) is 0 Å². The zero-order valence-electron chi connectivity index (χ0n) is 13.4. The van der Waals surface area contributed by atoms with Crippen LogP contribution in [0.25, 0.3) is 0 Å². The van der Waals surface area contributed by atoms with Gasteiger partial charge in [0, 0.05) is 24.5 Å². The zero-order chi connectivity index (χ0) is 15.1. The Morgan fingerprint density at radius 3 is 2.60 bits per heavy atom. The van der Waals surface area contributed by atoms with Crippen molar-refractivity contribution >= 4 is 5.91 Å². The Hall–Kier alpha value is -1.29.